The number of rotatable bonds is 7. The number of carbonyl (C=O) groups excluding carboxylic acids is 2. The summed E-state index contributed by atoms with van der Waals surface area (Å²) in [6.45, 7) is 7.13. The first-order valence-corrected chi connectivity index (χ1v) is 12.4. The van der Waals surface area contributed by atoms with Crippen molar-refractivity contribution in [1.82, 2.24) is 4.90 Å². The van der Waals surface area contributed by atoms with E-state index in [2.05, 4.69) is 0 Å². The fourth-order valence-corrected chi connectivity index (χ4v) is 5.09. The van der Waals surface area contributed by atoms with E-state index in [4.69, 9.17) is 27.9 Å². The molecule has 0 aromatic heterocycles. The maximum atomic E-state index is 13.8. The monoisotopic (exact) mass is 519 g/mol. The molecule has 4 atom stereocenters. The fraction of sp³-hybridized carbons (Fsp3) is 0.444. The van der Waals surface area contributed by atoms with Crippen LogP contribution in [0.15, 0.2) is 48.5 Å². The molecule has 1 heterocycles. The Balaban J connectivity index is 2.20. The number of amides is 1. The summed E-state index contributed by atoms with van der Waals surface area (Å²) in [5.74, 6) is -3.05. The van der Waals surface area contributed by atoms with E-state index in [1.54, 1.807) is 43.9 Å². The lowest BCUT2D eigenvalue weighted by molar-refractivity contribution is -0.171. The molecule has 8 heteroatoms. The normalized spacial score (nSPS) is 21.5. The van der Waals surface area contributed by atoms with Gasteiger partial charge in [0.15, 0.2) is 0 Å². The molecule has 188 valence electrons. The first-order chi connectivity index (χ1) is 16.4. The molecular formula is C27H31Cl2NO5. The molecule has 6 nitrogen and oxygen atoms in total. The molecule has 0 radical (unpaired) electrons. The summed E-state index contributed by atoms with van der Waals surface area (Å²) in [4.78, 5) is 40.4. The van der Waals surface area contributed by atoms with E-state index in [0.29, 0.717) is 22.9 Å². The standard InChI is InChI=1S/C27H31Cl2NO5/c1-5-22(26(34)35-27(2,3)4)30-24(16-9-11-19(28)12-10-16)21(17-7-6-8-20(29)13-17)14-18(25(30)33)15-23(31)32/h6-13,18,21-22,24H,5,14-15H2,1-4H3,(H,31,32)/t18-,21-,22?,24-/m1/s1. The number of piperidine rings is 1. The Morgan fingerprint density at radius 2 is 1.74 bits per heavy atom. The highest BCUT2D eigenvalue weighted by Crippen LogP contribution is 2.47. The molecule has 0 bridgehead atoms. The van der Waals surface area contributed by atoms with Gasteiger partial charge in [0.2, 0.25) is 5.91 Å². The number of likely N-dealkylation sites (tertiary alicyclic amines) is 1. The van der Waals surface area contributed by atoms with Gasteiger partial charge in [-0.1, -0.05) is 54.4 Å². The van der Waals surface area contributed by atoms with E-state index in [1.165, 1.54) is 0 Å². The van der Waals surface area contributed by atoms with Crippen molar-refractivity contribution in [3.8, 4) is 0 Å². The van der Waals surface area contributed by atoms with Crippen LogP contribution in [-0.2, 0) is 19.1 Å². The van der Waals surface area contributed by atoms with Crippen LogP contribution >= 0.6 is 23.2 Å². The van der Waals surface area contributed by atoms with Crippen molar-refractivity contribution in [2.24, 2.45) is 5.92 Å². The number of carbonyl (C=O) groups is 3. The Morgan fingerprint density at radius 3 is 2.29 bits per heavy atom. The number of nitrogens with zero attached hydrogens (tertiary/aromatic N) is 1. The molecule has 3 rings (SSSR count). The summed E-state index contributed by atoms with van der Waals surface area (Å²) in [5, 5.41) is 10.6. The Bertz CT molecular complexity index is 1080. The molecule has 35 heavy (non-hydrogen) atoms. The molecular weight excluding hydrogens is 489 g/mol. The Kier molecular flexibility index (Phi) is 8.50. The molecule has 0 aliphatic carbocycles. The zero-order valence-electron chi connectivity index (χ0n) is 20.3. The number of ether oxygens (including phenoxy) is 1. The Morgan fingerprint density at radius 1 is 1.09 bits per heavy atom. The van der Waals surface area contributed by atoms with E-state index >= 15 is 0 Å². The van der Waals surface area contributed by atoms with Crippen molar-refractivity contribution < 1.29 is 24.2 Å². The number of hydrogen-bond donors (Lipinski definition) is 1. The van der Waals surface area contributed by atoms with Crippen LogP contribution in [0.5, 0.6) is 0 Å². The van der Waals surface area contributed by atoms with Gasteiger partial charge < -0.3 is 14.7 Å². The third-order valence-corrected chi connectivity index (χ3v) is 6.62. The van der Waals surface area contributed by atoms with Crippen LogP contribution in [0.4, 0.5) is 0 Å². The quantitative estimate of drug-likeness (QED) is 0.436. The van der Waals surface area contributed by atoms with E-state index in [9.17, 15) is 19.5 Å². The van der Waals surface area contributed by atoms with E-state index in [0.717, 1.165) is 11.1 Å². The molecule has 1 amide bonds. The van der Waals surface area contributed by atoms with Crippen molar-refractivity contribution in [3.63, 3.8) is 0 Å². The van der Waals surface area contributed by atoms with E-state index in [-0.39, 0.29) is 18.2 Å². The molecule has 1 aliphatic rings. The third kappa shape index (κ3) is 6.56. The minimum atomic E-state index is -1.07. The minimum Gasteiger partial charge on any atom is -0.481 e. The maximum absolute atomic E-state index is 13.8. The summed E-state index contributed by atoms with van der Waals surface area (Å²) in [5.41, 5.74) is 0.916. The Hall–Kier alpha value is -2.57. The fourth-order valence-electron chi connectivity index (χ4n) is 4.76. The molecule has 0 saturated carbocycles. The van der Waals surface area contributed by atoms with Gasteiger partial charge in [0.25, 0.3) is 0 Å². The minimum absolute atomic E-state index is 0.298. The average molecular weight is 520 g/mol. The highest BCUT2D eigenvalue weighted by atomic mass is 35.5. The van der Waals surface area contributed by atoms with Crippen molar-refractivity contribution in [1.29, 1.82) is 0 Å². The van der Waals surface area contributed by atoms with Crippen molar-refractivity contribution in [2.75, 3.05) is 0 Å². The van der Waals surface area contributed by atoms with Crippen molar-refractivity contribution in [2.45, 2.75) is 70.6 Å². The van der Waals surface area contributed by atoms with Gasteiger partial charge >= 0.3 is 11.9 Å². The summed E-state index contributed by atoms with van der Waals surface area (Å²) in [7, 11) is 0. The largest absolute Gasteiger partial charge is 0.481 e. The second kappa shape index (κ2) is 11.0. The van der Waals surface area contributed by atoms with Gasteiger partial charge in [-0.15, -0.1) is 0 Å². The van der Waals surface area contributed by atoms with Crippen LogP contribution in [0.1, 0.15) is 70.0 Å². The van der Waals surface area contributed by atoms with Gasteiger partial charge in [-0.05, 0) is 69.0 Å². The zero-order chi connectivity index (χ0) is 25.9. The number of carboxylic acid groups (broad SMARTS) is 1. The summed E-state index contributed by atoms with van der Waals surface area (Å²) in [6.07, 6.45) is 0.289. The predicted molar refractivity (Wildman–Crippen MR) is 136 cm³/mol. The molecule has 1 aliphatic heterocycles. The number of benzene rings is 2. The predicted octanol–water partition coefficient (Wildman–Crippen LogP) is 6.26. The number of carboxylic acids is 1. The van der Waals surface area contributed by atoms with Crippen molar-refractivity contribution >= 4 is 41.0 Å². The topological polar surface area (TPSA) is 83.9 Å². The SMILES string of the molecule is CCC(C(=O)OC(C)(C)C)N1C(=O)[C@@H](CC(=O)O)C[C@H](c2cccc(Cl)c2)[C@H]1c1ccc(Cl)cc1. The lowest BCUT2D eigenvalue weighted by Crippen LogP contribution is -2.55. The molecule has 1 unspecified atom stereocenters. The van der Waals surface area contributed by atoms with E-state index in [1.807, 2.05) is 37.3 Å². The van der Waals surface area contributed by atoms with Crippen LogP contribution in [0.2, 0.25) is 10.0 Å². The first kappa shape index (κ1) is 27.0. The average Bonchev–Trinajstić information content (AvgIpc) is 2.75. The smallest absolute Gasteiger partial charge is 0.329 e. The zero-order valence-corrected chi connectivity index (χ0v) is 21.8. The van der Waals surface area contributed by atoms with Gasteiger partial charge in [0, 0.05) is 21.9 Å². The van der Waals surface area contributed by atoms with E-state index < -0.39 is 35.5 Å². The molecule has 2 aromatic rings. The molecule has 1 saturated heterocycles. The summed E-state index contributed by atoms with van der Waals surface area (Å²) >= 11 is 12.5. The van der Waals surface area contributed by atoms with Gasteiger partial charge in [-0.3, -0.25) is 9.59 Å². The summed E-state index contributed by atoms with van der Waals surface area (Å²) in [6, 6.07) is 13.1. The van der Waals surface area contributed by atoms with Crippen molar-refractivity contribution in [3.05, 3.63) is 69.7 Å². The number of esters is 1. The third-order valence-electron chi connectivity index (χ3n) is 6.13. The lowest BCUT2D eigenvalue weighted by Gasteiger charge is -2.47. The van der Waals surface area contributed by atoms with Crippen LogP contribution in [0, 0.1) is 5.92 Å². The maximum Gasteiger partial charge on any atom is 0.329 e. The molecule has 0 spiro atoms. The highest BCUT2D eigenvalue weighted by Gasteiger charge is 2.48. The van der Waals surface area contributed by atoms with Gasteiger partial charge in [0.05, 0.1) is 12.5 Å². The van der Waals surface area contributed by atoms with Crippen LogP contribution in [0.3, 0.4) is 0 Å². The second-order valence-corrected chi connectivity index (χ2v) is 10.8. The molecule has 2 aromatic carbocycles. The van der Waals surface area contributed by atoms with Crippen LogP contribution in [0.25, 0.3) is 0 Å². The lowest BCUT2D eigenvalue weighted by atomic mass is 9.74. The van der Waals surface area contributed by atoms with Crippen LogP contribution in [-0.4, -0.2) is 39.5 Å². The Labute approximate surface area is 216 Å². The first-order valence-electron chi connectivity index (χ1n) is 11.7. The number of hydrogen-bond acceptors (Lipinski definition) is 4. The highest BCUT2D eigenvalue weighted by molar-refractivity contribution is 6.30. The molecule has 1 fully saturated rings. The van der Waals surface area contributed by atoms with Gasteiger partial charge in [-0.25, -0.2) is 4.79 Å². The van der Waals surface area contributed by atoms with Crippen LogP contribution < -0.4 is 0 Å². The van der Waals surface area contributed by atoms with Gasteiger partial charge in [-0.2, -0.15) is 0 Å². The molecule has 1 N–H and O–H groups in total. The second-order valence-electron chi connectivity index (χ2n) is 9.89. The number of halogens is 2. The number of aliphatic carboxylic acids is 1. The summed E-state index contributed by atoms with van der Waals surface area (Å²) < 4.78 is 5.68. The van der Waals surface area contributed by atoms with Gasteiger partial charge in [0.1, 0.15) is 11.6 Å².